The SMILES string of the molecule is [Am].[B].[CH2-][Si]C(C)(C)CCC. The summed E-state index contributed by atoms with van der Waals surface area (Å²) >= 11 is 0. The topological polar surface area (TPSA) is 0 Å². The summed E-state index contributed by atoms with van der Waals surface area (Å²) in [6, 6.07) is 0. The van der Waals surface area contributed by atoms with Gasteiger partial charge in [0, 0.05) is 22.7 Å². The monoisotopic (exact) mass is 379 g/mol. The van der Waals surface area contributed by atoms with Crippen LogP contribution in [-0.2, 0) is 0 Å². The quantitative estimate of drug-likeness (QED) is 0.519. The van der Waals surface area contributed by atoms with Crippen LogP contribution in [0.3, 0.4) is 0 Å². The van der Waals surface area contributed by atoms with Crippen LogP contribution in [0, 0.1) is 20.8 Å². The normalized spacial score (nSPS) is 9.60. The largest absolute Gasteiger partial charge is 0.349 e. The molecule has 0 fully saturated rings. The molecule has 58 valence electrons. The van der Waals surface area contributed by atoms with E-state index in [4.69, 9.17) is 0 Å². The molecule has 6 radical (unpaired) electrons. The molecular formula is C7H15AmBSi-. The van der Waals surface area contributed by atoms with E-state index in [9.17, 15) is 0 Å². The van der Waals surface area contributed by atoms with Gasteiger partial charge in [-0.1, -0.05) is 38.7 Å². The summed E-state index contributed by atoms with van der Waals surface area (Å²) < 4.78 is 0. The van der Waals surface area contributed by atoms with Gasteiger partial charge in [-0.2, -0.15) is 9.52 Å². The van der Waals surface area contributed by atoms with Gasteiger partial charge in [0.25, 0.3) is 0 Å². The molecule has 0 heterocycles. The van der Waals surface area contributed by atoms with Gasteiger partial charge in [-0.05, 0) is 0 Å². The average Bonchev–Trinajstić information content (AvgIpc) is 1.67. The van der Waals surface area contributed by atoms with Gasteiger partial charge in [0.05, 0.1) is 0 Å². The molecule has 0 saturated carbocycles. The van der Waals surface area contributed by atoms with Crippen LogP contribution in [0.2, 0.25) is 5.04 Å². The van der Waals surface area contributed by atoms with E-state index >= 15 is 0 Å². The van der Waals surface area contributed by atoms with Crippen LogP contribution in [0.25, 0.3) is 0 Å². The molecule has 3 heteroatoms. The van der Waals surface area contributed by atoms with Crippen LogP contribution >= 0.6 is 0 Å². The zero-order valence-corrected chi connectivity index (χ0v) is 11.2. The molecule has 0 unspecified atom stereocenters. The molecule has 0 aromatic carbocycles. The minimum Gasteiger partial charge on any atom is -0.349 e. The molecule has 0 rings (SSSR count). The third-order valence-corrected chi connectivity index (χ3v) is 2.56. The third kappa shape index (κ3) is 8.67. The van der Waals surface area contributed by atoms with Crippen molar-refractivity contribution in [3.05, 3.63) is 6.55 Å². The van der Waals surface area contributed by atoms with Crippen LogP contribution in [0.4, 0.5) is 0 Å². The average molecular weight is 381 g/mol. The van der Waals surface area contributed by atoms with Gasteiger partial charge in [-0.25, -0.2) is 0 Å². The Morgan fingerprint density at radius 1 is 1.40 bits per heavy atom. The maximum atomic E-state index is 3.90. The van der Waals surface area contributed by atoms with Crippen LogP contribution in [0.1, 0.15) is 33.6 Å². The van der Waals surface area contributed by atoms with E-state index in [1.165, 1.54) is 12.8 Å². The molecule has 0 N–H and O–H groups in total. The first-order valence-corrected chi connectivity index (χ1v) is 4.37. The second-order valence-corrected chi connectivity index (χ2v) is 4.52. The molecule has 0 aromatic heterocycles. The molecule has 0 aliphatic carbocycles. The Balaban J connectivity index is -0.000000245. The predicted molar refractivity (Wildman–Crippen MR) is 45.8 cm³/mol. The van der Waals surface area contributed by atoms with Crippen LogP contribution < -0.4 is 0 Å². The maximum Gasteiger partial charge on any atom is 0 e. The summed E-state index contributed by atoms with van der Waals surface area (Å²) in [6.45, 7) is 10.7. The van der Waals surface area contributed by atoms with E-state index in [2.05, 4.69) is 27.3 Å². The Kier molecular flexibility index (Phi) is 13.2. The fraction of sp³-hybridized carbons (Fsp3) is 0.857. The summed E-state index contributed by atoms with van der Waals surface area (Å²) in [4.78, 5) is 0. The van der Waals surface area contributed by atoms with Crippen molar-refractivity contribution in [2.45, 2.75) is 38.7 Å². The Morgan fingerprint density at radius 3 is 1.90 bits per heavy atom. The molecule has 0 bridgehead atoms. The molecule has 0 amide bonds. The van der Waals surface area contributed by atoms with E-state index < -0.39 is 0 Å². The van der Waals surface area contributed by atoms with Crippen molar-refractivity contribution in [3.63, 3.8) is 0 Å². The van der Waals surface area contributed by atoms with Crippen molar-refractivity contribution in [2.24, 2.45) is 0 Å². The molecule has 0 aromatic rings. The minimum atomic E-state index is 0. The maximum absolute atomic E-state index is 3.90. The molecule has 0 saturated heterocycles. The fourth-order valence-electron chi connectivity index (χ4n) is 0.713. The van der Waals surface area contributed by atoms with Crippen LogP contribution in [0.5, 0.6) is 0 Å². The fourth-order valence-corrected chi connectivity index (χ4v) is 1.14. The van der Waals surface area contributed by atoms with Crippen molar-refractivity contribution in [1.82, 2.24) is 0 Å². The van der Waals surface area contributed by atoms with Crippen LogP contribution in [-0.4, -0.2) is 17.9 Å². The minimum absolute atomic E-state index is 0. The predicted octanol–water partition coefficient (Wildman–Crippen LogP) is 2.10. The molecule has 0 aliphatic heterocycles. The van der Waals surface area contributed by atoms with E-state index in [-0.39, 0.29) is 22.7 Å². The molecule has 0 atom stereocenters. The van der Waals surface area contributed by atoms with Gasteiger partial charge >= 0.3 is 0 Å². The van der Waals surface area contributed by atoms with E-state index in [0.29, 0.717) is 5.04 Å². The molecule has 0 aliphatic rings. The summed E-state index contributed by atoms with van der Waals surface area (Å²) in [5.41, 5.74) is 0. The van der Waals surface area contributed by atoms with E-state index in [1.54, 1.807) is 0 Å². The summed E-state index contributed by atoms with van der Waals surface area (Å²) in [5.74, 6) is 0. The number of hydrogen-bond donors (Lipinski definition) is 0. The van der Waals surface area contributed by atoms with E-state index in [1.807, 2.05) is 0 Å². The van der Waals surface area contributed by atoms with Crippen molar-refractivity contribution < 1.29 is 14.3 Å². The molecule has 0 spiro atoms. The Labute approximate surface area is 77.8 Å². The van der Waals surface area contributed by atoms with Gasteiger partial charge in [-0.15, -0.1) is 0 Å². The molecule has 0 nitrogen and oxygen atoms in total. The summed E-state index contributed by atoms with van der Waals surface area (Å²) in [5, 5.41) is 0.509. The van der Waals surface area contributed by atoms with Gasteiger partial charge in [0.15, 0.2) is 0 Å². The first-order chi connectivity index (χ1) is 3.62. The molecule has 10 heavy (non-hydrogen) atoms. The van der Waals surface area contributed by atoms with Gasteiger partial charge in [-0.3, -0.25) is 0 Å². The smallest absolute Gasteiger partial charge is 0 e. The second kappa shape index (κ2) is 7.77. The van der Waals surface area contributed by atoms with Gasteiger partial charge in [0.2, 0.25) is 0 Å². The van der Waals surface area contributed by atoms with E-state index in [0.717, 1.165) is 9.52 Å². The third-order valence-electron chi connectivity index (χ3n) is 1.35. The Hall–Kier alpha value is 0.671. The van der Waals surface area contributed by atoms with Crippen molar-refractivity contribution >= 4 is 17.9 Å². The number of hydrogen-bond acceptors (Lipinski definition) is 0. The van der Waals surface area contributed by atoms with Crippen LogP contribution in [0.15, 0.2) is 0 Å². The first kappa shape index (κ1) is 17.0. The summed E-state index contributed by atoms with van der Waals surface area (Å²) in [6.07, 6.45) is 2.60. The first-order valence-electron chi connectivity index (χ1n) is 3.16. The zero-order valence-electron chi connectivity index (χ0n) is 7.08. The van der Waals surface area contributed by atoms with Gasteiger partial charge < -0.3 is 6.55 Å². The zero-order chi connectivity index (χ0) is 6.62. The van der Waals surface area contributed by atoms with Crippen molar-refractivity contribution in [1.29, 1.82) is 0 Å². The Morgan fingerprint density at radius 2 is 1.80 bits per heavy atom. The van der Waals surface area contributed by atoms with Crippen molar-refractivity contribution in [2.75, 3.05) is 0 Å². The Bertz CT molecular complexity index is 66.6. The number of rotatable bonds is 3. The summed E-state index contributed by atoms with van der Waals surface area (Å²) in [7, 11) is 0.841. The molecular weight excluding hydrogens is 366 g/mol. The second-order valence-electron chi connectivity index (χ2n) is 2.81. The standard InChI is InChI=1S/C7H15Si.Am.B/c1-5-6-7(2,3)8-4;;/h4-6H2,1-3H3;;/q-1;;. The van der Waals surface area contributed by atoms with Crippen molar-refractivity contribution in [3.8, 4) is 0 Å². The van der Waals surface area contributed by atoms with Gasteiger partial charge in [0.1, 0.15) is 0 Å².